The number of rotatable bonds is 9. The van der Waals surface area contributed by atoms with Crippen molar-refractivity contribution in [1.29, 1.82) is 0 Å². The lowest BCUT2D eigenvalue weighted by Crippen LogP contribution is -2.52. The smallest absolute Gasteiger partial charge is 0.451 e. The average molecular weight is 646 g/mol. The van der Waals surface area contributed by atoms with Crippen LogP contribution in [-0.2, 0) is 28.4 Å². The molecule has 17 heteroatoms. The van der Waals surface area contributed by atoms with E-state index in [4.69, 9.17) is 5.11 Å². The molecule has 3 heterocycles. The second-order valence-corrected chi connectivity index (χ2v) is 10.8. The average Bonchev–Trinajstić information content (AvgIpc) is 3.00. The fraction of sp³-hybridized carbons (Fsp3) is 0.536. The van der Waals surface area contributed by atoms with Gasteiger partial charge in [-0.1, -0.05) is 12.1 Å². The highest BCUT2D eigenvalue weighted by atomic mass is 19.4. The van der Waals surface area contributed by atoms with Crippen molar-refractivity contribution in [2.24, 2.45) is 5.92 Å². The highest BCUT2D eigenvalue weighted by Gasteiger charge is 2.37. The van der Waals surface area contributed by atoms with Gasteiger partial charge in [0, 0.05) is 58.4 Å². The first-order valence-corrected chi connectivity index (χ1v) is 14.4. The summed E-state index contributed by atoms with van der Waals surface area (Å²) in [7, 11) is 0. The summed E-state index contributed by atoms with van der Waals surface area (Å²) in [4.78, 5) is 48.0. The summed E-state index contributed by atoms with van der Waals surface area (Å²) in [5.41, 5.74) is -0.153. The molecule has 2 aliphatic heterocycles. The minimum atomic E-state index is -4.83. The van der Waals surface area contributed by atoms with Crippen LogP contribution in [0.2, 0.25) is 0 Å². The zero-order valence-corrected chi connectivity index (χ0v) is 24.1. The topological polar surface area (TPSA) is 131 Å². The molecule has 0 radical (unpaired) electrons. The summed E-state index contributed by atoms with van der Waals surface area (Å²) in [6, 6.07) is 5.61. The summed E-state index contributed by atoms with van der Waals surface area (Å²) < 4.78 is 79.7. The summed E-state index contributed by atoms with van der Waals surface area (Å²) in [5, 5.41) is 14.0. The SMILES string of the molecule is O=C(O)CCNC(=O)N1CCN(c2cc(N3CCC[C@@H](C(=O)NCCc4ccc(C(F)(F)F)cc4)C3)nc(C(F)(F)F)n2)CC1. The van der Waals surface area contributed by atoms with E-state index in [1.807, 2.05) is 0 Å². The molecule has 45 heavy (non-hydrogen) atoms. The second kappa shape index (κ2) is 14.2. The van der Waals surface area contributed by atoms with Crippen LogP contribution < -0.4 is 20.4 Å². The predicted molar refractivity (Wildman–Crippen MR) is 150 cm³/mol. The van der Waals surface area contributed by atoms with Gasteiger partial charge in [0.2, 0.25) is 11.7 Å². The third-order valence-corrected chi connectivity index (χ3v) is 7.57. The zero-order chi connectivity index (χ0) is 32.8. The molecule has 0 spiro atoms. The number of nitrogens with one attached hydrogen (secondary N) is 2. The van der Waals surface area contributed by atoms with E-state index >= 15 is 0 Å². The van der Waals surface area contributed by atoms with E-state index in [-0.39, 0.29) is 69.8 Å². The lowest BCUT2D eigenvalue weighted by atomic mass is 9.97. The molecule has 1 aromatic heterocycles. The van der Waals surface area contributed by atoms with E-state index in [2.05, 4.69) is 20.6 Å². The standard InChI is InChI=1S/C28H33F6N7O4/c29-27(30,31)20-5-3-18(4-6-20)7-9-35-24(44)19-2-1-11-41(17-19)22-16-21(37-25(38-22)28(32,33)34)39-12-14-40(15-13-39)26(45)36-10-8-23(42)43/h3-6,16,19H,1-2,7-15,17H2,(H,35,44)(H,36,45)(H,42,43)/t19-/m1/s1. The van der Waals surface area contributed by atoms with Gasteiger partial charge in [-0.2, -0.15) is 26.3 Å². The number of aromatic nitrogens is 2. The van der Waals surface area contributed by atoms with E-state index in [0.717, 1.165) is 12.1 Å². The van der Waals surface area contributed by atoms with Crippen molar-refractivity contribution in [1.82, 2.24) is 25.5 Å². The summed E-state index contributed by atoms with van der Waals surface area (Å²) in [6.07, 6.45) is -8.18. The summed E-state index contributed by atoms with van der Waals surface area (Å²) in [5.74, 6) is -3.19. The van der Waals surface area contributed by atoms with Crippen LogP contribution in [0.5, 0.6) is 0 Å². The van der Waals surface area contributed by atoms with E-state index in [0.29, 0.717) is 31.4 Å². The molecule has 4 rings (SSSR count). The van der Waals surface area contributed by atoms with E-state index in [1.165, 1.54) is 23.1 Å². The van der Waals surface area contributed by atoms with Gasteiger partial charge in [0.1, 0.15) is 11.6 Å². The van der Waals surface area contributed by atoms with Crippen LogP contribution in [0.3, 0.4) is 0 Å². The molecule has 2 aliphatic rings. The van der Waals surface area contributed by atoms with Gasteiger partial charge in [0.15, 0.2) is 0 Å². The maximum absolute atomic E-state index is 13.8. The summed E-state index contributed by atoms with van der Waals surface area (Å²) >= 11 is 0. The Morgan fingerprint density at radius 2 is 1.49 bits per heavy atom. The minimum Gasteiger partial charge on any atom is -0.481 e. The number of piperazine rings is 1. The number of hydrogen-bond donors (Lipinski definition) is 3. The molecule has 2 fully saturated rings. The van der Waals surface area contributed by atoms with Gasteiger partial charge >= 0.3 is 24.4 Å². The Hall–Kier alpha value is -4.31. The van der Waals surface area contributed by atoms with Crippen molar-refractivity contribution in [3.05, 3.63) is 47.3 Å². The lowest BCUT2D eigenvalue weighted by Gasteiger charge is -2.37. The fourth-order valence-corrected chi connectivity index (χ4v) is 5.13. The molecule has 0 unspecified atom stereocenters. The zero-order valence-electron chi connectivity index (χ0n) is 24.1. The maximum atomic E-state index is 13.8. The molecule has 0 saturated carbocycles. The molecule has 0 bridgehead atoms. The monoisotopic (exact) mass is 645 g/mol. The number of hydrogen-bond acceptors (Lipinski definition) is 7. The Balaban J connectivity index is 1.37. The van der Waals surface area contributed by atoms with E-state index < -0.39 is 41.7 Å². The minimum absolute atomic E-state index is 0.0171. The Kier molecular flexibility index (Phi) is 10.6. The Labute approximate surface area is 254 Å². The number of halogens is 6. The van der Waals surface area contributed by atoms with Crippen molar-refractivity contribution in [3.63, 3.8) is 0 Å². The van der Waals surface area contributed by atoms with Gasteiger partial charge in [-0.3, -0.25) is 9.59 Å². The number of piperidine rings is 1. The van der Waals surface area contributed by atoms with E-state index in [1.54, 1.807) is 9.80 Å². The predicted octanol–water partition coefficient (Wildman–Crippen LogP) is 3.40. The molecule has 3 N–H and O–H groups in total. The number of carboxylic acids is 1. The highest BCUT2D eigenvalue weighted by Crippen LogP contribution is 2.32. The van der Waals surface area contributed by atoms with E-state index in [9.17, 15) is 40.7 Å². The molecule has 1 atom stereocenters. The molecule has 2 saturated heterocycles. The van der Waals surface area contributed by atoms with Crippen LogP contribution in [0.25, 0.3) is 0 Å². The normalized spacial score (nSPS) is 17.6. The number of carbonyl (C=O) groups is 3. The highest BCUT2D eigenvalue weighted by molar-refractivity contribution is 5.79. The third kappa shape index (κ3) is 9.34. The molecular weight excluding hydrogens is 612 g/mol. The molecule has 0 aliphatic carbocycles. The number of amides is 3. The van der Waals surface area contributed by atoms with Crippen LogP contribution in [0, 0.1) is 5.92 Å². The van der Waals surface area contributed by atoms with Crippen molar-refractivity contribution < 1.29 is 45.8 Å². The number of alkyl halides is 6. The maximum Gasteiger partial charge on any atom is 0.451 e. The Bertz CT molecular complexity index is 1350. The van der Waals surface area contributed by atoms with Crippen molar-refractivity contribution >= 4 is 29.5 Å². The van der Waals surface area contributed by atoms with Gasteiger partial charge in [-0.15, -0.1) is 0 Å². The molecule has 1 aromatic carbocycles. The first-order chi connectivity index (χ1) is 21.2. The first kappa shape index (κ1) is 33.6. The van der Waals surface area contributed by atoms with Crippen LogP contribution in [0.15, 0.2) is 30.3 Å². The Morgan fingerprint density at radius 1 is 0.844 bits per heavy atom. The van der Waals surface area contributed by atoms with Gasteiger partial charge in [-0.05, 0) is 37.0 Å². The number of nitrogens with zero attached hydrogens (tertiary/aromatic N) is 5. The van der Waals surface area contributed by atoms with Gasteiger partial charge in [0.05, 0.1) is 17.9 Å². The largest absolute Gasteiger partial charge is 0.481 e. The van der Waals surface area contributed by atoms with Crippen molar-refractivity contribution in [3.8, 4) is 0 Å². The van der Waals surface area contributed by atoms with Crippen LogP contribution in [0.4, 0.5) is 42.8 Å². The number of anilines is 2. The molecule has 246 valence electrons. The molecular formula is C28H33F6N7O4. The quantitative estimate of drug-likeness (QED) is 0.354. The number of benzene rings is 1. The van der Waals surface area contributed by atoms with Crippen LogP contribution in [-0.4, -0.2) is 90.2 Å². The summed E-state index contributed by atoms with van der Waals surface area (Å²) in [6.45, 7) is 1.34. The number of carboxylic acid groups (broad SMARTS) is 1. The van der Waals surface area contributed by atoms with Crippen LogP contribution >= 0.6 is 0 Å². The number of carbonyl (C=O) groups excluding carboxylic acids is 2. The Morgan fingerprint density at radius 3 is 2.09 bits per heavy atom. The van der Waals surface area contributed by atoms with Crippen LogP contribution in [0.1, 0.15) is 36.2 Å². The lowest BCUT2D eigenvalue weighted by molar-refractivity contribution is -0.145. The number of urea groups is 1. The fourth-order valence-electron chi connectivity index (χ4n) is 5.13. The second-order valence-electron chi connectivity index (χ2n) is 10.8. The van der Waals surface area contributed by atoms with Gasteiger partial charge < -0.3 is 30.4 Å². The van der Waals surface area contributed by atoms with Gasteiger partial charge in [0.25, 0.3) is 0 Å². The molecule has 11 nitrogen and oxygen atoms in total. The first-order valence-electron chi connectivity index (χ1n) is 14.4. The molecule has 2 aromatic rings. The third-order valence-electron chi connectivity index (χ3n) is 7.57. The van der Waals surface area contributed by atoms with Gasteiger partial charge in [-0.25, -0.2) is 14.8 Å². The van der Waals surface area contributed by atoms with Crippen molar-refractivity contribution in [2.75, 3.05) is 62.2 Å². The number of aliphatic carboxylic acids is 1. The molecule has 3 amide bonds. The van der Waals surface area contributed by atoms with Crippen molar-refractivity contribution in [2.45, 2.75) is 38.0 Å².